The van der Waals surface area contributed by atoms with Crippen molar-refractivity contribution >= 4 is 5.91 Å². The van der Waals surface area contributed by atoms with Crippen LogP contribution < -0.4 is 5.73 Å². The van der Waals surface area contributed by atoms with Gasteiger partial charge in [0.1, 0.15) is 12.4 Å². The first-order valence-corrected chi connectivity index (χ1v) is 3.75. The number of hydrogen-bond donors (Lipinski definition) is 0. The van der Waals surface area contributed by atoms with Gasteiger partial charge in [0.25, 0.3) is 5.91 Å². The third-order valence-electron chi connectivity index (χ3n) is 1.42. The first kappa shape index (κ1) is 9.67. The van der Waals surface area contributed by atoms with Gasteiger partial charge in [0.05, 0.1) is 6.61 Å². The maximum absolute atomic E-state index is 12.4. The van der Waals surface area contributed by atoms with E-state index in [1.54, 1.807) is 12.1 Å². The van der Waals surface area contributed by atoms with Crippen molar-refractivity contribution in [3.63, 3.8) is 0 Å². The second kappa shape index (κ2) is 4.57. The second-order valence-corrected chi connectivity index (χ2v) is 2.54. The molecule has 0 aliphatic carbocycles. The Morgan fingerprint density at radius 1 is 1.38 bits per heavy atom. The van der Waals surface area contributed by atoms with Gasteiger partial charge in [-0.05, 0) is 17.7 Å². The van der Waals surface area contributed by atoms with Crippen LogP contribution in [0.4, 0.5) is 4.39 Å². The molecule has 0 unspecified atom stereocenters. The molecule has 1 amide bonds. The van der Waals surface area contributed by atoms with Crippen LogP contribution >= 0.6 is 0 Å². The van der Waals surface area contributed by atoms with E-state index >= 15 is 0 Å². The highest BCUT2D eigenvalue weighted by molar-refractivity contribution is 5.74. The lowest BCUT2D eigenvalue weighted by Crippen LogP contribution is -2.08. The van der Waals surface area contributed by atoms with E-state index in [4.69, 9.17) is 10.5 Å². The lowest BCUT2D eigenvalue weighted by atomic mass is 10.2. The van der Waals surface area contributed by atoms with Crippen molar-refractivity contribution in [1.82, 2.24) is 5.73 Å². The summed E-state index contributed by atoms with van der Waals surface area (Å²) in [5.41, 5.74) is 7.33. The molecule has 0 atom stereocenters. The molecule has 69 valence electrons. The molecule has 1 N–H and O–H groups in total. The number of carbonyl (C=O) groups excluding carboxylic acids is 1. The first-order valence-electron chi connectivity index (χ1n) is 3.75. The molecule has 0 aliphatic rings. The van der Waals surface area contributed by atoms with Crippen LogP contribution in [0.25, 0.3) is 0 Å². The fourth-order valence-electron chi connectivity index (χ4n) is 0.842. The van der Waals surface area contributed by atoms with E-state index in [9.17, 15) is 9.18 Å². The van der Waals surface area contributed by atoms with E-state index < -0.39 is 5.91 Å². The van der Waals surface area contributed by atoms with E-state index in [1.807, 2.05) is 0 Å². The summed E-state index contributed by atoms with van der Waals surface area (Å²) in [6.45, 7) is 0.00226. The molecule has 0 bridgehead atoms. The molecule has 1 aromatic carbocycles. The number of rotatable bonds is 4. The number of ether oxygens (including phenoxy) is 1. The summed E-state index contributed by atoms with van der Waals surface area (Å²) in [4.78, 5) is 10.2. The molecule has 0 aliphatic heterocycles. The Hall–Kier alpha value is -1.42. The van der Waals surface area contributed by atoms with Crippen LogP contribution in [0.15, 0.2) is 24.3 Å². The van der Waals surface area contributed by atoms with Gasteiger partial charge < -0.3 is 4.74 Å². The standard InChI is InChI=1S/C9H9FNO2/c10-8-3-1-7(2-4-8)5-13-6-9(11)12/h1-4,11H,5-6H2. The molecule has 1 rings (SSSR count). The van der Waals surface area contributed by atoms with Crippen LogP contribution in [0.2, 0.25) is 0 Å². The van der Waals surface area contributed by atoms with E-state index in [1.165, 1.54) is 12.1 Å². The fourth-order valence-corrected chi connectivity index (χ4v) is 0.842. The van der Waals surface area contributed by atoms with E-state index in [0.29, 0.717) is 0 Å². The Labute approximate surface area is 75.3 Å². The zero-order chi connectivity index (χ0) is 9.68. The molecule has 0 heterocycles. The minimum Gasteiger partial charge on any atom is -0.367 e. The Morgan fingerprint density at radius 2 is 2.00 bits per heavy atom. The second-order valence-electron chi connectivity index (χ2n) is 2.54. The Morgan fingerprint density at radius 3 is 2.54 bits per heavy atom. The molecule has 0 fully saturated rings. The van der Waals surface area contributed by atoms with Crippen LogP contribution in [0.5, 0.6) is 0 Å². The van der Waals surface area contributed by atoms with E-state index in [0.717, 1.165) is 5.56 Å². The van der Waals surface area contributed by atoms with Gasteiger partial charge in [0.2, 0.25) is 0 Å². The van der Waals surface area contributed by atoms with Gasteiger partial charge in [-0.1, -0.05) is 12.1 Å². The van der Waals surface area contributed by atoms with Crippen molar-refractivity contribution in [3.8, 4) is 0 Å². The van der Waals surface area contributed by atoms with Gasteiger partial charge in [0, 0.05) is 0 Å². The van der Waals surface area contributed by atoms with Gasteiger partial charge in [-0.15, -0.1) is 0 Å². The summed E-state index contributed by atoms with van der Waals surface area (Å²) in [6, 6.07) is 5.79. The average molecular weight is 182 g/mol. The number of benzene rings is 1. The van der Waals surface area contributed by atoms with Gasteiger partial charge in [-0.3, -0.25) is 10.5 Å². The molecule has 0 spiro atoms. The smallest absolute Gasteiger partial charge is 0.264 e. The van der Waals surface area contributed by atoms with Crippen molar-refractivity contribution in [1.29, 1.82) is 0 Å². The van der Waals surface area contributed by atoms with Crippen molar-refractivity contribution < 1.29 is 13.9 Å². The summed E-state index contributed by atoms with van der Waals surface area (Å²) in [7, 11) is 0. The SMILES string of the molecule is [NH]C(=O)COCc1ccc(F)cc1. The highest BCUT2D eigenvalue weighted by Crippen LogP contribution is 2.03. The third kappa shape index (κ3) is 3.66. The summed E-state index contributed by atoms with van der Waals surface area (Å²) >= 11 is 0. The normalized spacial score (nSPS) is 9.92. The van der Waals surface area contributed by atoms with Crippen molar-refractivity contribution in [2.24, 2.45) is 0 Å². The maximum Gasteiger partial charge on any atom is 0.264 e. The highest BCUT2D eigenvalue weighted by atomic mass is 19.1. The third-order valence-corrected chi connectivity index (χ3v) is 1.42. The molecule has 0 saturated carbocycles. The van der Waals surface area contributed by atoms with Gasteiger partial charge in [0.15, 0.2) is 0 Å². The van der Waals surface area contributed by atoms with Gasteiger partial charge >= 0.3 is 0 Å². The Balaban J connectivity index is 2.37. The van der Waals surface area contributed by atoms with Crippen LogP contribution in [0, 0.1) is 5.82 Å². The molecular weight excluding hydrogens is 173 g/mol. The van der Waals surface area contributed by atoms with E-state index in [2.05, 4.69) is 0 Å². The largest absolute Gasteiger partial charge is 0.367 e. The highest BCUT2D eigenvalue weighted by Gasteiger charge is 1.96. The molecule has 0 aromatic heterocycles. The summed E-state index contributed by atoms with van der Waals surface area (Å²) in [6.07, 6.45) is 0. The van der Waals surface area contributed by atoms with Crippen LogP contribution in [-0.4, -0.2) is 12.5 Å². The lowest BCUT2D eigenvalue weighted by molar-refractivity contribution is -0.123. The predicted octanol–water partition coefficient (Wildman–Crippen LogP) is 1.15. The lowest BCUT2D eigenvalue weighted by Gasteiger charge is -2.00. The molecule has 13 heavy (non-hydrogen) atoms. The average Bonchev–Trinajstić information content (AvgIpc) is 2.08. The molecule has 3 nitrogen and oxygen atoms in total. The number of halogens is 1. The number of hydrogen-bond acceptors (Lipinski definition) is 2. The molecule has 0 saturated heterocycles. The monoisotopic (exact) mass is 182 g/mol. The van der Waals surface area contributed by atoms with Crippen molar-refractivity contribution in [2.75, 3.05) is 6.61 Å². The van der Waals surface area contributed by atoms with Gasteiger partial charge in [-0.25, -0.2) is 4.39 Å². The van der Waals surface area contributed by atoms with Gasteiger partial charge in [-0.2, -0.15) is 0 Å². The molecule has 1 radical (unpaired) electrons. The quantitative estimate of drug-likeness (QED) is 0.701. The molecule has 4 heteroatoms. The zero-order valence-electron chi connectivity index (χ0n) is 6.92. The summed E-state index contributed by atoms with van der Waals surface area (Å²) < 4.78 is 17.3. The minimum absolute atomic E-state index is 0.225. The number of amides is 1. The Bertz CT molecular complexity index is 284. The zero-order valence-corrected chi connectivity index (χ0v) is 6.92. The fraction of sp³-hybridized carbons (Fsp3) is 0.222. The first-order chi connectivity index (χ1) is 6.18. The maximum atomic E-state index is 12.4. The summed E-state index contributed by atoms with van der Waals surface area (Å²) in [5.74, 6) is -1.07. The van der Waals surface area contributed by atoms with Crippen LogP contribution in [0.3, 0.4) is 0 Å². The van der Waals surface area contributed by atoms with Crippen LogP contribution in [-0.2, 0) is 16.1 Å². The molecule has 1 aromatic rings. The van der Waals surface area contributed by atoms with Crippen LogP contribution in [0.1, 0.15) is 5.56 Å². The summed E-state index contributed by atoms with van der Waals surface area (Å²) in [5, 5.41) is 0. The van der Waals surface area contributed by atoms with Crippen molar-refractivity contribution in [3.05, 3.63) is 35.6 Å². The Kier molecular flexibility index (Phi) is 3.40. The predicted molar refractivity (Wildman–Crippen MR) is 44.2 cm³/mol. The number of carbonyl (C=O) groups is 1. The number of nitrogens with one attached hydrogen (secondary N) is 1. The van der Waals surface area contributed by atoms with Crippen molar-refractivity contribution in [2.45, 2.75) is 6.61 Å². The topological polar surface area (TPSA) is 50.1 Å². The van der Waals surface area contributed by atoms with E-state index in [-0.39, 0.29) is 19.0 Å². The molecular formula is C9H9FNO2. The minimum atomic E-state index is -0.762.